The van der Waals surface area contributed by atoms with Gasteiger partial charge in [0.25, 0.3) is 5.91 Å². The van der Waals surface area contributed by atoms with Gasteiger partial charge in [-0.2, -0.15) is 0 Å². The summed E-state index contributed by atoms with van der Waals surface area (Å²) >= 11 is 0. The molecule has 3 aliphatic heterocycles. The summed E-state index contributed by atoms with van der Waals surface area (Å²) in [4.78, 5) is 177. The van der Waals surface area contributed by atoms with Crippen LogP contribution < -0.4 is 26.4 Å². The number of fused-ring (bicyclic) bond motifs is 1. The molecule has 15 atom stereocenters. The molecule has 0 saturated carbocycles. The monoisotopic (exact) mass is 1270 g/mol. The number of rotatable bonds is 20. The lowest BCUT2D eigenvalue weighted by atomic mass is 9.91. The Bertz CT molecular complexity index is 2720. The van der Waals surface area contributed by atoms with E-state index in [1.807, 2.05) is 13.8 Å². The Morgan fingerprint density at radius 2 is 1.46 bits per heavy atom. The molecule has 25 heteroatoms. The zero-order valence-electron chi connectivity index (χ0n) is 55.9. The first kappa shape index (κ1) is 75.4. The van der Waals surface area contributed by atoms with Gasteiger partial charge in [-0.3, -0.25) is 52.7 Å². The summed E-state index contributed by atoms with van der Waals surface area (Å²) in [7, 11) is 4.23. The van der Waals surface area contributed by atoms with Gasteiger partial charge < -0.3 is 65.3 Å². The lowest BCUT2D eigenvalue weighted by molar-refractivity contribution is -0.165. The third-order valence-electron chi connectivity index (χ3n) is 17.6. The minimum atomic E-state index is -1.82. The van der Waals surface area contributed by atoms with Crippen molar-refractivity contribution in [2.45, 2.75) is 227 Å². The van der Waals surface area contributed by atoms with Gasteiger partial charge in [-0.1, -0.05) is 87.8 Å². The Hall–Kier alpha value is -7.02. The number of methoxy groups -OCH3 is 1. The second-order valence-electron chi connectivity index (χ2n) is 26.3. The molecule has 3 fully saturated rings. The third-order valence-corrected chi connectivity index (χ3v) is 17.6. The molecule has 3 saturated heterocycles. The molecule has 0 spiro atoms. The van der Waals surface area contributed by atoms with E-state index in [0.717, 1.165) is 4.90 Å². The predicted molar refractivity (Wildman–Crippen MR) is 331 cm³/mol. The first-order valence-corrected chi connectivity index (χ1v) is 31.9. The standard InChI is InChI=1S/C65H102N8O17/c1-18-37(10)52-49(74)32-50(75)90-56(36(8)9)55(77)38(11)57(78)67-44(29-33(2)3)61(82)73-28-20-22-46(73)63(84)71(16)48(31-42-23-25-43(87-17)26-24-42)65(86)88-40(13)53(59(80)68-52)69-58(79)47(30-34(4)5)70(15)62(83)45-21-19-27-72(45)60(81)41(14)89-64(85)39(12)54(76)51(66)35(6)7/h23-26,33-41,44-49,51-53,56,74H,18-22,27-32,66H2,1-17H3,(H,67,78)(H,68,80)(H,69,79)/t37-,38-,39-,40+,41-,44-,45-,46-,47+,48-,49-,51-,52+,53+,56-/m0/s1. The molecule has 0 radical (unpaired) electrons. The zero-order valence-corrected chi connectivity index (χ0v) is 55.9. The van der Waals surface area contributed by atoms with E-state index in [0.29, 0.717) is 30.6 Å². The molecule has 3 aliphatic rings. The van der Waals surface area contributed by atoms with Crippen LogP contribution in [0.15, 0.2) is 24.3 Å². The van der Waals surface area contributed by atoms with Crippen LogP contribution in [0.5, 0.6) is 5.75 Å². The second-order valence-corrected chi connectivity index (χ2v) is 26.3. The van der Waals surface area contributed by atoms with Crippen molar-refractivity contribution in [2.24, 2.45) is 47.2 Å². The lowest BCUT2D eigenvalue weighted by Crippen LogP contribution is -2.62. The number of hydrogen-bond donors (Lipinski definition) is 5. The summed E-state index contributed by atoms with van der Waals surface area (Å²) < 4.78 is 22.8. The molecule has 504 valence electrons. The number of hydrogen-bond acceptors (Lipinski definition) is 18. The fourth-order valence-corrected chi connectivity index (χ4v) is 11.6. The van der Waals surface area contributed by atoms with Crippen LogP contribution >= 0.6 is 0 Å². The van der Waals surface area contributed by atoms with E-state index >= 15 is 19.2 Å². The number of nitrogens with zero attached hydrogens (tertiary/aromatic N) is 4. The fraction of sp³-hybridized carbons (Fsp3) is 0.723. The number of Topliss-reactive ketones (excluding diaryl/α,β-unsaturated/α-hetero) is 2. The van der Waals surface area contributed by atoms with Crippen molar-refractivity contribution in [3.63, 3.8) is 0 Å². The first-order chi connectivity index (χ1) is 42.1. The molecule has 1 aromatic carbocycles. The normalized spacial score (nSPS) is 26.4. The van der Waals surface area contributed by atoms with E-state index in [1.165, 1.54) is 63.6 Å². The molecule has 0 aromatic heterocycles. The number of likely N-dealkylation sites (N-methyl/N-ethyl adjacent to an activating group) is 2. The fourth-order valence-electron chi connectivity index (χ4n) is 11.6. The number of carbonyl (C=O) groups excluding carboxylic acids is 12. The zero-order chi connectivity index (χ0) is 67.9. The van der Waals surface area contributed by atoms with Crippen molar-refractivity contribution < 1.29 is 81.6 Å². The average Bonchev–Trinajstić information content (AvgIpc) is 1.92. The van der Waals surface area contributed by atoms with Gasteiger partial charge in [0.05, 0.1) is 37.6 Å². The molecule has 25 nitrogen and oxygen atoms in total. The Balaban J connectivity index is 1.84. The number of aliphatic hydroxyl groups is 1. The summed E-state index contributed by atoms with van der Waals surface area (Å²) in [5.41, 5.74) is 6.56. The van der Waals surface area contributed by atoms with E-state index in [2.05, 4.69) is 16.0 Å². The number of likely N-dealkylation sites (tertiary alicyclic amines) is 1. The molecule has 4 rings (SSSR count). The Morgan fingerprint density at radius 3 is 2.02 bits per heavy atom. The molecule has 0 bridgehead atoms. The van der Waals surface area contributed by atoms with Crippen LogP contribution in [-0.4, -0.2) is 203 Å². The molecule has 7 amide bonds. The first-order valence-electron chi connectivity index (χ1n) is 31.9. The maximum absolute atomic E-state index is 15.2. The van der Waals surface area contributed by atoms with Crippen LogP contribution in [0.2, 0.25) is 0 Å². The average molecular weight is 1270 g/mol. The molecule has 3 heterocycles. The van der Waals surface area contributed by atoms with Crippen LogP contribution in [0.3, 0.4) is 0 Å². The number of cyclic esters (lactones) is 2. The van der Waals surface area contributed by atoms with Gasteiger partial charge in [-0.25, -0.2) is 4.79 Å². The number of nitrogens with one attached hydrogen (secondary N) is 3. The minimum absolute atomic E-state index is 0.00460. The highest BCUT2D eigenvalue weighted by Crippen LogP contribution is 2.28. The number of esters is 3. The topological polar surface area (TPSA) is 337 Å². The number of benzene rings is 1. The van der Waals surface area contributed by atoms with E-state index in [1.54, 1.807) is 79.7 Å². The smallest absolute Gasteiger partial charge is 0.329 e. The molecular weight excluding hydrogens is 1160 g/mol. The Labute approximate surface area is 530 Å². The van der Waals surface area contributed by atoms with Gasteiger partial charge in [-0.15, -0.1) is 0 Å². The number of nitrogens with two attached hydrogens (primary N) is 1. The number of aliphatic hydroxyl groups excluding tert-OH is 1. The molecule has 6 N–H and O–H groups in total. The maximum atomic E-state index is 15.2. The van der Waals surface area contributed by atoms with Crippen molar-refractivity contribution in [2.75, 3.05) is 34.3 Å². The van der Waals surface area contributed by atoms with Crippen LogP contribution in [-0.2, 0) is 78.2 Å². The van der Waals surface area contributed by atoms with Gasteiger partial charge >= 0.3 is 17.9 Å². The SMILES string of the molecule is CC[C@H](C)[C@H]1NC(=O)[C@H](NC(=O)[C@@H](CC(C)C)N(C)C(=O)[C@@H]2CCCN2C(=O)[C@H](C)OC(=O)[C@@H](C)C(=O)[C@@H](N)C(C)C)[C@@H](C)OC(=O)[C@H](Cc2ccc(OC)cc2)N(C)C(=O)[C@@H]2CCCN2C(=O)[C@H](CC(C)C)NC(=O)[C@@H](C)C(=O)[C@H](C(C)C)OC(=O)C[C@@H]1O. The van der Waals surface area contributed by atoms with E-state index < -0.39 is 174 Å². The van der Waals surface area contributed by atoms with Gasteiger partial charge in [-0.05, 0) is 114 Å². The predicted octanol–water partition coefficient (Wildman–Crippen LogP) is 3.06. The van der Waals surface area contributed by atoms with Gasteiger partial charge in [0.2, 0.25) is 35.4 Å². The van der Waals surface area contributed by atoms with Crippen LogP contribution in [0.1, 0.15) is 154 Å². The minimum Gasteiger partial charge on any atom is -0.497 e. The third kappa shape index (κ3) is 19.5. The van der Waals surface area contributed by atoms with E-state index in [4.69, 9.17) is 24.7 Å². The van der Waals surface area contributed by atoms with Crippen molar-refractivity contribution >= 4 is 70.8 Å². The summed E-state index contributed by atoms with van der Waals surface area (Å²) in [6, 6.07) is -3.62. The number of ether oxygens (including phenoxy) is 4. The summed E-state index contributed by atoms with van der Waals surface area (Å²) in [5, 5.41) is 20.2. The van der Waals surface area contributed by atoms with Gasteiger partial charge in [0.15, 0.2) is 23.8 Å². The van der Waals surface area contributed by atoms with Gasteiger partial charge in [0.1, 0.15) is 54.0 Å². The highest BCUT2D eigenvalue weighted by molar-refractivity contribution is 6.05. The van der Waals surface area contributed by atoms with Crippen LogP contribution in [0, 0.1) is 41.4 Å². The maximum Gasteiger partial charge on any atom is 0.329 e. The van der Waals surface area contributed by atoms with Crippen molar-refractivity contribution in [1.29, 1.82) is 0 Å². The lowest BCUT2D eigenvalue weighted by Gasteiger charge is -2.36. The number of amides is 7. The molecule has 90 heavy (non-hydrogen) atoms. The van der Waals surface area contributed by atoms with Crippen molar-refractivity contribution in [3.05, 3.63) is 29.8 Å². The number of carbonyl (C=O) groups is 12. The van der Waals surface area contributed by atoms with Crippen LogP contribution in [0.25, 0.3) is 0 Å². The highest BCUT2D eigenvalue weighted by atomic mass is 16.6. The van der Waals surface area contributed by atoms with Crippen LogP contribution in [0.4, 0.5) is 0 Å². The second kappa shape index (κ2) is 33.9. The van der Waals surface area contributed by atoms with E-state index in [9.17, 15) is 43.5 Å². The Morgan fingerprint density at radius 1 is 0.833 bits per heavy atom. The van der Waals surface area contributed by atoms with E-state index in [-0.39, 0.29) is 62.9 Å². The van der Waals surface area contributed by atoms with Gasteiger partial charge in [0, 0.05) is 33.6 Å². The van der Waals surface area contributed by atoms with Crippen molar-refractivity contribution in [3.8, 4) is 5.75 Å². The summed E-state index contributed by atoms with van der Waals surface area (Å²) in [5.74, 6) is -13.9. The largest absolute Gasteiger partial charge is 0.497 e. The molecular formula is C65H102N8O17. The highest BCUT2D eigenvalue weighted by Gasteiger charge is 2.47. The molecule has 0 unspecified atom stereocenters. The quantitative estimate of drug-likeness (QED) is 0.0711. The molecule has 1 aromatic rings. The number of ketones is 2. The molecule has 0 aliphatic carbocycles. The summed E-state index contributed by atoms with van der Waals surface area (Å²) in [6.45, 7) is 22.9. The summed E-state index contributed by atoms with van der Waals surface area (Å²) in [6.07, 6.45) is -5.58. The Kier molecular flexibility index (Phi) is 28.4. The van der Waals surface area contributed by atoms with Crippen molar-refractivity contribution in [1.82, 2.24) is 35.6 Å².